The molecule has 0 aliphatic heterocycles. The molecular formula is C19H12BrF2N3O2S. The molecule has 28 heavy (non-hydrogen) atoms. The van der Waals surface area contributed by atoms with Crippen LogP contribution in [0.4, 0.5) is 13.9 Å². The second kappa shape index (κ2) is 7.69. The number of anilines is 1. The highest BCUT2D eigenvalue weighted by Gasteiger charge is 2.18. The second-order valence-electron chi connectivity index (χ2n) is 5.73. The van der Waals surface area contributed by atoms with Gasteiger partial charge in [0.2, 0.25) is 0 Å². The van der Waals surface area contributed by atoms with Crippen LogP contribution in [0.5, 0.6) is 5.75 Å². The molecule has 2 N–H and O–H groups in total. The number of hydrogen-bond acceptors (Lipinski definition) is 4. The summed E-state index contributed by atoms with van der Waals surface area (Å²) in [6.45, 7) is -2.93. The molecule has 4 rings (SSSR count). The lowest BCUT2D eigenvalue weighted by Crippen LogP contribution is -2.12. The third-order valence-corrected chi connectivity index (χ3v) is 5.55. The van der Waals surface area contributed by atoms with Crippen molar-refractivity contribution in [2.75, 3.05) is 5.32 Å². The summed E-state index contributed by atoms with van der Waals surface area (Å²) in [5.41, 5.74) is 2.07. The summed E-state index contributed by atoms with van der Waals surface area (Å²) >= 11 is 4.64. The molecule has 0 aliphatic rings. The molecule has 1 amide bonds. The van der Waals surface area contributed by atoms with Crippen LogP contribution < -0.4 is 10.1 Å². The van der Waals surface area contributed by atoms with Crippen LogP contribution in [-0.2, 0) is 0 Å². The van der Waals surface area contributed by atoms with E-state index < -0.39 is 6.61 Å². The number of H-pyrrole nitrogens is 1. The maximum absolute atomic E-state index is 12.6. The van der Waals surface area contributed by atoms with Gasteiger partial charge in [-0.1, -0.05) is 30.3 Å². The van der Waals surface area contributed by atoms with Gasteiger partial charge in [-0.15, -0.1) is 11.3 Å². The highest BCUT2D eigenvalue weighted by molar-refractivity contribution is 9.10. The summed E-state index contributed by atoms with van der Waals surface area (Å²) in [4.78, 5) is 20.0. The highest BCUT2D eigenvalue weighted by Crippen LogP contribution is 2.33. The Labute approximate surface area is 170 Å². The highest BCUT2D eigenvalue weighted by atomic mass is 79.9. The lowest BCUT2D eigenvalue weighted by molar-refractivity contribution is -0.0494. The number of fused-ring (bicyclic) bond motifs is 1. The van der Waals surface area contributed by atoms with Gasteiger partial charge in [-0.2, -0.15) is 8.78 Å². The number of benzene rings is 2. The smallest absolute Gasteiger partial charge is 0.387 e. The van der Waals surface area contributed by atoms with Crippen LogP contribution in [0.2, 0.25) is 0 Å². The fourth-order valence-electron chi connectivity index (χ4n) is 2.76. The van der Waals surface area contributed by atoms with Crippen molar-refractivity contribution in [2.24, 2.45) is 0 Å². The first-order valence-corrected chi connectivity index (χ1v) is 9.77. The van der Waals surface area contributed by atoms with E-state index in [4.69, 9.17) is 0 Å². The Hall–Kier alpha value is -2.78. The Morgan fingerprint density at radius 2 is 1.93 bits per heavy atom. The third kappa shape index (κ3) is 3.63. The molecule has 0 saturated heterocycles. The van der Waals surface area contributed by atoms with E-state index in [1.54, 1.807) is 23.6 Å². The number of hydrogen-bond donors (Lipinski definition) is 2. The molecule has 0 radical (unpaired) electrons. The molecule has 142 valence electrons. The Balaban J connectivity index is 1.58. The molecule has 2 aromatic heterocycles. The standard InChI is InChI=1S/C19H12BrF2N3O2S/c20-15-11-6-1-3-7-12(11)23-16(15)17(26)25-19-24-13(9-28-19)10-5-2-4-8-14(10)27-18(21)22/h1-9,18,23H,(H,24,25,26). The number of ether oxygens (including phenoxy) is 1. The fraction of sp³-hybridized carbons (Fsp3) is 0.0526. The number of carbonyl (C=O) groups excluding carboxylic acids is 1. The predicted octanol–water partition coefficient (Wildman–Crippen LogP) is 5.91. The van der Waals surface area contributed by atoms with E-state index in [1.807, 2.05) is 24.3 Å². The van der Waals surface area contributed by atoms with Gasteiger partial charge < -0.3 is 9.72 Å². The first-order chi connectivity index (χ1) is 13.5. The Kier molecular flexibility index (Phi) is 5.10. The normalized spacial score (nSPS) is 11.1. The molecule has 0 fully saturated rings. The Morgan fingerprint density at radius 1 is 1.18 bits per heavy atom. The zero-order valence-electron chi connectivity index (χ0n) is 14.1. The molecule has 2 heterocycles. The fourth-order valence-corrected chi connectivity index (χ4v) is 4.09. The molecule has 9 heteroatoms. The molecule has 0 saturated carbocycles. The van der Waals surface area contributed by atoms with E-state index in [-0.39, 0.29) is 11.7 Å². The van der Waals surface area contributed by atoms with Gasteiger partial charge in [0.05, 0.1) is 10.2 Å². The van der Waals surface area contributed by atoms with E-state index in [1.165, 1.54) is 17.4 Å². The summed E-state index contributed by atoms with van der Waals surface area (Å²) in [5, 5.41) is 5.64. The van der Waals surface area contributed by atoms with Crippen LogP contribution in [-0.4, -0.2) is 22.5 Å². The average Bonchev–Trinajstić information content (AvgIpc) is 3.27. The number of aromatic amines is 1. The van der Waals surface area contributed by atoms with Gasteiger partial charge >= 0.3 is 6.61 Å². The molecule has 0 atom stereocenters. The molecule has 0 bridgehead atoms. The lowest BCUT2D eigenvalue weighted by Gasteiger charge is -2.08. The minimum absolute atomic E-state index is 0.0269. The number of halogens is 3. The summed E-state index contributed by atoms with van der Waals surface area (Å²) in [6, 6.07) is 13.9. The van der Waals surface area contributed by atoms with Gasteiger partial charge in [0.1, 0.15) is 11.4 Å². The van der Waals surface area contributed by atoms with Gasteiger partial charge in [-0.25, -0.2) is 4.98 Å². The van der Waals surface area contributed by atoms with Crippen molar-refractivity contribution in [2.45, 2.75) is 6.61 Å². The van der Waals surface area contributed by atoms with Crippen molar-refractivity contribution in [3.05, 3.63) is 64.1 Å². The van der Waals surface area contributed by atoms with Crippen molar-refractivity contribution in [3.8, 4) is 17.0 Å². The number of aromatic nitrogens is 2. The van der Waals surface area contributed by atoms with Crippen molar-refractivity contribution in [1.29, 1.82) is 0 Å². The first kappa shape index (κ1) is 18.6. The van der Waals surface area contributed by atoms with Crippen LogP contribution >= 0.6 is 27.3 Å². The molecular weight excluding hydrogens is 452 g/mol. The van der Waals surface area contributed by atoms with Crippen LogP contribution in [0.15, 0.2) is 58.4 Å². The van der Waals surface area contributed by atoms with Gasteiger partial charge in [0, 0.05) is 21.8 Å². The van der Waals surface area contributed by atoms with Gasteiger partial charge in [0.25, 0.3) is 5.91 Å². The minimum Gasteiger partial charge on any atom is -0.434 e. The number of rotatable bonds is 5. The van der Waals surface area contributed by atoms with Crippen molar-refractivity contribution in [1.82, 2.24) is 9.97 Å². The summed E-state index contributed by atoms with van der Waals surface area (Å²) < 4.78 is 30.4. The van der Waals surface area contributed by atoms with Gasteiger partial charge in [-0.3, -0.25) is 10.1 Å². The van der Waals surface area contributed by atoms with E-state index in [0.29, 0.717) is 26.6 Å². The number of thiazole rings is 1. The zero-order chi connectivity index (χ0) is 19.7. The molecule has 4 aromatic rings. The van der Waals surface area contributed by atoms with Gasteiger partial charge in [-0.05, 0) is 34.1 Å². The summed E-state index contributed by atoms with van der Waals surface area (Å²) in [6.07, 6.45) is 0. The quantitative estimate of drug-likeness (QED) is 0.386. The average molecular weight is 464 g/mol. The van der Waals surface area contributed by atoms with Crippen LogP contribution in [0.25, 0.3) is 22.2 Å². The minimum atomic E-state index is -2.93. The van der Waals surface area contributed by atoms with E-state index in [0.717, 1.165) is 10.9 Å². The topological polar surface area (TPSA) is 67.0 Å². The lowest BCUT2D eigenvalue weighted by atomic mass is 10.1. The van der Waals surface area contributed by atoms with E-state index in [9.17, 15) is 13.6 Å². The number of para-hydroxylation sites is 2. The van der Waals surface area contributed by atoms with Crippen LogP contribution in [0, 0.1) is 0 Å². The summed E-state index contributed by atoms with van der Waals surface area (Å²) in [5.74, 6) is -0.333. The van der Waals surface area contributed by atoms with Crippen LogP contribution in [0.1, 0.15) is 10.5 Å². The van der Waals surface area contributed by atoms with Crippen molar-refractivity contribution >= 4 is 49.2 Å². The zero-order valence-corrected chi connectivity index (χ0v) is 16.5. The van der Waals surface area contributed by atoms with Crippen molar-refractivity contribution < 1.29 is 18.3 Å². The molecule has 0 unspecified atom stereocenters. The molecule has 0 aliphatic carbocycles. The van der Waals surface area contributed by atoms with E-state index in [2.05, 4.69) is 36.0 Å². The Morgan fingerprint density at radius 3 is 2.71 bits per heavy atom. The largest absolute Gasteiger partial charge is 0.434 e. The molecule has 5 nitrogen and oxygen atoms in total. The maximum atomic E-state index is 12.6. The number of nitrogens with zero attached hydrogens (tertiary/aromatic N) is 1. The maximum Gasteiger partial charge on any atom is 0.387 e. The number of carbonyl (C=O) groups is 1. The second-order valence-corrected chi connectivity index (χ2v) is 7.38. The van der Waals surface area contributed by atoms with E-state index >= 15 is 0 Å². The van der Waals surface area contributed by atoms with Crippen LogP contribution in [0.3, 0.4) is 0 Å². The molecule has 0 spiro atoms. The number of alkyl halides is 2. The Bertz CT molecular complexity index is 1160. The number of nitrogens with one attached hydrogen (secondary N) is 2. The third-order valence-electron chi connectivity index (χ3n) is 3.97. The molecule has 2 aromatic carbocycles. The predicted molar refractivity (Wildman–Crippen MR) is 108 cm³/mol. The monoisotopic (exact) mass is 463 g/mol. The summed E-state index contributed by atoms with van der Waals surface area (Å²) in [7, 11) is 0. The first-order valence-electron chi connectivity index (χ1n) is 8.10. The number of amides is 1. The SMILES string of the molecule is O=C(Nc1nc(-c2ccccc2OC(F)F)cs1)c1[nH]c2ccccc2c1Br. The van der Waals surface area contributed by atoms with Crippen molar-refractivity contribution in [3.63, 3.8) is 0 Å². The van der Waals surface area contributed by atoms with Gasteiger partial charge in [0.15, 0.2) is 5.13 Å².